The SMILES string of the molecule is COc1cc(I)c(C#Cc2ccc(C)cc2)cc1OC. The van der Waals surface area contributed by atoms with Gasteiger partial charge < -0.3 is 9.47 Å². The second-order valence-electron chi connectivity index (χ2n) is 4.30. The first-order valence-corrected chi connectivity index (χ1v) is 7.22. The maximum Gasteiger partial charge on any atom is 0.162 e. The lowest BCUT2D eigenvalue weighted by Gasteiger charge is -2.08. The number of hydrogen-bond donors (Lipinski definition) is 0. The van der Waals surface area contributed by atoms with Crippen LogP contribution in [0, 0.1) is 22.3 Å². The number of ether oxygens (including phenoxy) is 2. The van der Waals surface area contributed by atoms with E-state index in [1.54, 1.807) is 14.2 Å². The number of rotatable bonds is 2. The molecule has 0 radical (unpaired) electrons. The molecule has 0 heterocycles. The quantitative estimate of drug-likeness (QED) is 0.581. The molecule has 0 aliphatic heterocycles. The lowest BCUT2D eigenvalue weighted by atomic mass is 10.1. The van der Waals surface area contributed by atoms with Gasteiger partial charge in [0.15, 0.2) is 11.5 Å². The van der Waals surface area contributed by atoms with Gasteiger partial charge in [0.25, 0.3) is 0 Å². The van der Waals surface area contributed by atoms with Crippen molar-refractivity contribution in [2.75, 3.05) is 14.2 Å². The minimum atomic E-state index is 0.695. The average molecular weight is 378 g/mol. The van der Waals surface area contributed by atoms with E-state index in [0.717, 1.165) is 20.4 Å². The molecule has 0 amide bonds. The van der Waals surface area contributed by atoms with Crippen LogP contribution in [0.1, 0.15) is 16.7 Å². The molecular weight excluding hydrogens is 363 g/mol. The van der Waals surface area contributed by atoms with Crippen LogP contribution in [0.15, 0.2) is 36.4 Å². The molecule has 0 spiro atoms. The monoisotopic (exact) mass is 378 g/mol. The zero-order valence-electron chi connectivity index (χ0n) is 11.7. The van der Waals surface area contributed by atoms with Crippen molar-refractivity contribution in [1.29, 1.82) is 0 Å². The fourth-order valence-electron chi connectivity index (χ4n) is 1.73. The van der Waals surface area contributed by atoms with Crippen molar-refractivity contribution in [2.24, 2.45) is 0 Å². The van der Waals surface area contributed by atoms with E-state index in [4.69, 9.17) is 9.47 Å². The van der Waals surface area contributed by atoms with Gasteiger partial charge in [-0.15, -0.1) is 0 Å². The van der Waals surface area contributed by atoms with Gasteiger partial charge in [0.1, 0.15) is 0 Å². The van der Waals surface area contributed by atoms with Gasteiger partial charge in [0, 0.05) is 20.8 Å². The van der Waals surface area contributed by atoms with E-state index in [0.29, 0.717) is 5.75 Å². The van der Waals surface area contributed by atoms with E-state index in [9.17, 15) is 0 Å². The van der Waals surface area contributed by atoms with Crippen LogP contribution in [0.3, 0.4) is 0 Å². The van der Waals surface area contributed by atoms with Crippen LogP contribution in [0.25, 0.3) is 0 Å². The van der Waals surface area contributed by atoms with Gasteiger partial charge in [-0.2, -0.15) is 0 Å². The van der Waals surface area contributed by atoms with Crippen LogP contribution in [-0.2, 0) is 0 Å². The summed E-state index contributed by atoms with van der Waals surface area (Å²) in [7, 11) is 3.26. The van der Waals surface area contributed by atoms with Crippen molar-refractivity contribution in [3.8, 4) is 23.3 Å². The molecule has 0 aliphatic rings. The lowest BCUT2D eigenvalue weighted by Crippen LogP contribution is -1.93. The molecule has 0 aromatic heterocycles. The predicted molar refractivity (Wildman–Crippen MR) is 89.4 cm³/mol. The summed E-state index contributed by atoms with van der Waals surface area (Å²) in [6, 6.07) is 12.0. The van der Waals surface area contributed by atoms with Gasteiger partial charge in [-0.3, -0.25) is 0 Å². The Labute approximate surface area is 133 Å². The second-order valence-corrected chi connectivity index (χ2v) is 5.47. The third kappa shape index (κ3) is 3.45. The van der Waals surface area contributed by atoms with Gasteiger partial charge in [-0.25, -0.2) is 0 Å². The molecule has 2 aromatic carbocycles. The Hall–Kier alpha value is -1.67. The Balaban J connectivity index is 2.37. The largest absolute Gasteiger partial charge is 0.493 e. The van der Waals surface area contributed by atoms with E-state index in [-0.39, 0.29) is 0 Å². The zero-order valence-corrected chi connectivity index (χ0v) is 13.8. The lowest BCUT2D eigenvalue weighted by molar-refractivity contribution is 0.354. The van der Waals surface area contributed by atoms with Gasteiger partial charge in [-0.1, -0.05) is 29.5 Å². The normalized spacial score (nSPS) is 9.60. The van der Waals surface area contributed by atoms with E-state index in [1.807, 2.05) is 24.3 Å². The maximum absolute atomic E-state index is 5.30. The maximum atomic E-state index is 5.30. The number of benzene rings is 2. The van der Waals surface area contributed by atoms with E-state index in [2.05, 4.69) is 53.5 Å². The zero-order chi connectivity index (χ0) is 14.5. The highest BCUT2D eigenvalue weighted by atomic mass is 127. The van der Waals surface area contributed by atoms with Crippen molar-refractivity contribution >= 4 is 22.6 Å². The molecule has 0 aliphatic carbocycles. The minimum absolute atomic E-state index is 0.695. The van der Waals surface area contributed by atoms with Crippen molar-refractivity contribution in [3.63, 3.8) is 0 Å². The Kier molecular flexibility index (Phi) is 4.91. The highest BCUT2D eigenvalue weighted by molar-refractivity contribution is 14.1. The molecule has 0 saturated heterocycles. The number of hydrogen-bond acceptors (Lipinski definition) is 2. The molecule has 2 aromatic rings. The molecule has 0 unspecified atom stereocenters. The number of methoxy groups -OCH3 is 2. The predicted octanol–water partition coefficient (Wildman–Crippen LogP) is 4.02. The minimum Gasteiger partial charge on any atom is -0.493 e. The molecule has 20 heavy (non-hydrogen) atoms. The van der Waals surface area contributed by atoms with Crippen LogP contribution in [-0.4, -0.2) is 14.2 Å². The first-order valence-electron chi connectivity index (χ1n) is 6.14. The topological polar surface area (TPSA) is 18.5 Å². The van der Waals surface area contributed by atoms with Gasteiger partial charge in [0.05, 0.1) is 14.2 Å². The summed E-state index contributed by atoms with van der Waals surface area (Å²) in [5.74, 6) is 7.76. The molecule has 0 bridgehead atoms. The summed E-state index contributed by atoms with van der Waals surface area (Å²) in [6.45, 7) is 2.06. The third-order valence-corrected chi connectivity index (χ3v) is 3.76. The highest BCUT2D eigenvalue weighted by Gasteiger charge is 2.07. The smallest absolute Gasteiger partial charge is 0.162 e. The van der Waals surface area contributed by atoms with Gasteiger partial charge in [0.2, 0.25) is 0 Å². The Morgan fingerprint density at radius 1 is 0.900 bits per heavy atom. The molecule has 0 fully saturated rings. The average Bonchev–Trinajstić information content (AvgIpc) is 2.47. The van der Waals surface area contributed by atoms with Crippen LogP contribution >= 0.6 is 22.6 Å². The summed E-state index contributed by atoms with van der Waals surface area (Å²) < 4.78 is 11.6. The molecule has 0 saturated carbocycles. The summed E-state index contributed by atoms with van der Waals surface area (Å²) in [5, 5.41) is 0. The van der Waals surface area contributed by atoms with Crippen LogP contribution in [0.5, 0.6) is 11.5 Å². The van der Waals surface area contributed by atoms with Crippen LogP contribution < -0.4 is 9.47 Å². The fourth-order valence-corrected chi connectivity index (χ4v) is 2.30. The molecule has 2 nitrogen and oxygen atoms in total. The van der Waals surface area contributed by atoms with E-state index >= 15 is 0 Å². The summed E-state index contributed by atoms with van der Waals surface area (Å²) in [6.07, 6.45) is 0. The van der Waals surface area contributed by atoms with Crippen molar-refractivity contribution < 1.29 is 9.47 Å². The highest BCUT2D eigenvalue weighted by Crippen LogP contribution is 2.30. The standard InChI is InChI=1S/C17H15IO2/c1-12-4-6-13(7-5-12)8-9-14-10-16(19-2)17(20-3)11-15(14)18/h4-7,10-11H,1-3H3. The Bertz CT molecular complexity index is 664. The number of halogens is 1. The van der Waals surface area contributed by atoms with Crippen LogP contribution in [0.2, 0.25) is 0 Å². The second kappa shape index (κ2) is 6.67. The fraction of sp³-hybridized carbons (Fsp3) is 0.176. The summed E-state index contributed by atoms with van der Waals surface area (Å²) in [4.78, 5) is 0. The van der Waals surface area contributed by atoms with E-state index in [1.165, 1.54) is 5.56 Å². The Morgan fingerprint density at radius 3 is 2.10 bits per heavy atom. The van der Waals surface area contributed by atoms with Crippen molar-refractivity contribution in [3.05, 3.63) is 56.7 Å². The van der Waals surface area contributed by atoms with Gasteiger partial charge >= 0.3 is 0 Å². The van der Waals surface area contributed by atoms with Crippen LogP contribution in [0.4, 0.5) is 0 Å². The summed E-state index contributed by atoms with van der Waals surface area (Å²) >= 11 is 2.25. The molecule has 0 atom stereocenters. The van der Waals surface area contributed by atoms with Crippen molar-refractivity contribution in [1.82, 2.24) is 0 Å². The number of aryl methyl sites for hydroxylation is 1. The molecule has 102 valence electrons. The van der Waals surface area contributed by atoms with Gasteiger partial charge in [-0.05, 0) is 47.7 Å². The van der Waals surface area contributed by atoms with Crippen molar-refractivity contribution in [2.45, 2.75) is 6.92 Å². The Morgan fingerprint density at radius 2 is 1.50 bits per heavy atom. The molecule has 2 rings (SSSR count). The third-order valence-electron chi connectivity index (χ3n) is 2.87. The molecule has 0 N–H and O–H groups in total. The first-order chi connectivity index (χ1) is 9.63. The first kappa shape index (κ1) is 14.7. The molecule has 3 heteroatoms. The van der Waals surface area contributed by atoms with E-state index < -0.39 is 0 Å². The summed E-state index contributed by atoms with van der Waals surface area (Å²) in [5.41, 5.74) is 3.17. The molecular formula is C17H15IO2.